The lowest BCUT2D eigenvalue weighted by Crippen LogP contribution is -1.80. The van der Waals surface area contributed by atoms with Crippen LogP contribution < -0.4 is 0 Å². The maximum Gasteiger partial charge on any atom is 0.325 e. The molecule has 0 aliphatic heterocycles. The summed E-state index contributed by atoms with van der Waals surface area (Å²) in [6.07, 6.45) is 0. The summed E-state index contributed by atoms with van der Waals surface area (Å²) in [6.45, 7) is 0. The molecule has 6 heteroatoms. The predicted octanol–water partition coefficient (Wildman–Crippen LogP) is 3.28. The predicted molar refractivity (Wildman–Crippen MR) is 57.8 cm³/mol. The Morgan fingerprint density at radius 3 is 2.79 bits per heavy atom. The van der Waals surface area contributed by atoms with Crippen molar-refractivity contribution in [2.45, 2.75) is 0 Å². The maximum absolute atomic E-state index is 10.5. The van der Waals surface area contributed by atoms with Crippen LogP contribution in [-0.2, 0) is 0 Å². The number of hydrogen-bond acceptors (Lipinski definition) is 4. The molecule has 0 atom stereocenters. The molecule has 0 spiro atoms. The van der Waals surface area contributed by atoms with Crippen molar-refractivity contribution in [1.82, 2.24) is 0 Å². The highest BCUT2D eigenvalue weighted by molar-refractivity contribution is 9.10. The van der Waals surface area contributed by atoms with E-state index in [0.29, 0.717) is 10.1 Å². The lowest BCUT2D eigenvalue weighted by atomic mass is 10.2. The van der Waals surface area contributed by atoms with Crippen molar-refractivity contribution in [2.75, 3.05) is 0 Å². The van der Waals surface area contributed by atoms with Crippen molar-refractivity contribution < 1.29 is 10.0 Å². The van der Waals surface area contributed by atoms with Gasteiger partial charge in [0.15, 0.2) is 0 Å². The summed E-state index contributed by atoms with van der Waals surface area (Å²) in [5.41, 5.74) is 0. The molecule has 0 amide bonds. The second-order valence-corrected chi connectivity index (χ2v) is 4.54. The molecule has 0 aliphatic carbocycles. The number of hydrogen-bond donors (Lipinski definition) is 1. The van der Waals surface area contributed by atoms with Crippen molar-refractivity contribution in [2.24, 2.45) is 0 Å². The quantitative estimate of drug-likeness (QED) is 0.641. The van der Waals surface area contributed by atoms with Gasteiger partial charge in [-0.25, -0.2) is 0 Å². The van der Waals surface area contributed by atoms with Gasteiger partial charge in [-0.2, -0.15) is 0 Å². The molecule has 14 heavy (non-hydrogen) atoms. The Morgan fingerprint density at radius 2 is 2.21 bits per heavy atom. The van der Waals surface area contributed by atoms with E-state index in [2.05, 4.69) is 15.9 Å². The maximum atomic E-state index is 10.5. The number of nitro groups is 1. The van der Waals surface area contributed by atoms with Crippen molar-refractivity contribution in [3.05, 3.63) is 32.8 Å². The molecule has 1 N–H and O–H groups in total. The lowest BCUT2D eigenvalue weighted by molar-refractivity contribution is -0.380. The summed E-state index contributed by atoms with van der Waals surface area (Å²) in [5, 5.41) is 20.5. The number of phenolic OH excluding ortho intramolecular Hbond substituents is 1. The van der Waals surface area contributed by atoms with E-state index in [-0.39, 0.29) is 10.8 Å². The topological polar surface area (TPSA) is 63.4 Å². The molecule has 1 aromatic carbocycles. The van der Waals surface area contributed by atoms with Crippen LogP contribution in [0.4, 0.5) is 5.00 Å². The molecule has 0 radical (unpaired) electrons. The third-order valence-electron chi connectivity index (χ3n) is 1.78. The summed E-state index contributed by atoms with van der Waals surface area (Å²) < 4.78 is 1.44. The number of nitrogens with zero attached hydrogens (tertiary/aromatic N) is 1. The number of rotatable bonds is 1. The molecule has 1 heterocycles. The van der Waals surface area contributed by atoms with Gasteiger partial charge in [-0.1, -0.05) is 11.3 Å². The van der Waals surface area contributed by atoms with Crippen LogP contribution in [0.3, 0.4) is 0 Å². The second kappa shape index (κ2) is 3.21. The lowest BCUT2D eigenvalue weighted by Gasteiger charge is -1.94. The van der Waals surface area contributed by atoms with Crippen molar-refractivity contribution in [3.8, 4) is 5.75 Å². The molecule has 72 valence electrons. The van der Waals surface area contributed by atoms with Crippen molar-refractivity contribution >= 4 is 42.4 Å². The molecule has 0 fully saturated rings. The minimum atomic E-state index is -0.462. The molecule has 4 nitrogen and oxygen atoms in total. The van der Waals surface area contributed by atoms with Gasteiger partial charge in [0.25, 0.3) is 0 Å². The average Bonchev–Trinajstić information content (AvgIpc) is 2.57. The fourth-order valence-corrected chi connectivity index (χ4v) is 2.64. The minimum Gasteiger partial charge on any atom is -0.507 e. The van der Waals surface area contributed by atoms with Gasteiger partial charge in [-0.05, 0) is 28.1 Å². The van der Waals surface area contributed by atoms with E-state index in [1.165, 1.54) is 12.1 Å². The third-order valence-corrected chi connectivity index (χ3v) is 3.82. The first kappa shape index (κ1) is 9.42. The van der Waals surface area contributed by atoms with E-state index in [4.69, 9.17) is 0 Å². The highest BCUT2D eigenvalue weighted by Crippen LogP contribution is 2.40. The van der Waals surface area contributed by atoms with E-state index in [1.54, 1.807) is 6.07 Å². The largest absolute Gasteiger partial charge is 0.507 e. The van der Waals surface area contributed by atoms with Gasteiger partial charge in [0.1, 0.15) is 5.75 Å². The Morgan fingerprint density at radius 1 is 1.50 bits per heavy atom. The highest BCUT2D eigenvalue weighted by Gasteiger charge is 2.15. The van der Waals surface area contributed by atoms with Crippen LogP contribution in [0, 0.1) is 10.1 Å². The van der Waals surface area contributed by atoms with Gasteiger partial charge < -0.3 is 5.11 Å². The van der Waals surface area contributed by atoms with Crippen molar-refractivity contribution in [1.29, 1.82) is 0 Å². The van der Waals surface area contributed by atoms with Crippen LogP contribution in [0.15, 0.2) is 22.7 Å². The van der Waals surface area contributed by atoms with Gasteiger partial charge in [-0.3, -0.25) is 10.1 Å². The zero-order chi connectivity index (χ0) is 10.3. The van der Waals surface area contributed by atoms with Crippen LogP contribution in [0.25, 0.3) is 10.1 Å². The first-order valence-corrected chi connectivity index (χ1v) is 5.26. The summed E-state index contributed by atoms with van der Waals surface area (Å²) in [4.78, 5) is 10.1. The first-order chi connectivity index (χ1) is 6.59. The van der Waals surface area contributed by atoms with Gasteiger partial charge in [-0.15, -0.1) is 0 Å². The Hall–Kier alpha value is -1.14. The van der Waals surface area contributed by atoms with Gasteiger partial charge in [0, 0.05) is 15.9 Å². The Labute approximate surface area is 91.1 Å². The Balaban J connectivity index is 2.82. The van der Waals surface area contributed by atoms with Gasteiger partial charge in [0.2, 0.25) is 0 Å². The fraction of sp³-hybridized carbons (Fsp3) is 0. The zero-order valence-corrected chi connectivity index (χ0v) is 9.13. The smallest absolute Gasteiger partial charge is 0.325 e. The number of halogens is 1. The number of benzene rings is 1. The monoisotopic (exact) mass is 273 g/mol. The van der Waals surface area contributed by atoms with Gasteiger partial charge >= 0.3 is 5.00 Å². The molecule has 0 saturated heterocycles. The van der Waals surface area contributed by atoms with Crippen LogP contribution in [0.5, 0.6) is 5.75 Å². The van der Waals surface area contributed by atoms with Crippen LogP contribution in [0.2, 0.25) is 0 Å². The van der Waals surface area contributed by atoms with Gasteiger partial charge in [0.05, 0.1) is 9.62 Å². The molecule has 0 saturated carbocycles. The normalized spacial score (nSPS) is 10.6. The molecule has 1 aromatic heterocycles. The molecular formula is C8H4BrNO3S. The van der Waals surface area contributed by atoms with Crippen LogP contribution in [-0.4, -0.2) is 10.0 Å². The summed E-state index contributed by atoms with van der Waals surface area (Å²) in [7, 11) is 0. The molecule has 0 aliphatic rings. The van der Waals surface area contributed by atoms with E-state index < -0.39 is 4.92 Å². The second-order valence-electron chi connectivity index (χ2n) is 2.65. The highest BCUT2D eigenvalue weighted by atomic mass is 79.9. The summed E-state index contributed by atoms with van der Waals surface area (Å²) in [6, 6.07) is 4.54. The number of thiophene rings is 1. The van der Waals surface area contributed by atoms with Crippen molar-refractivity contribution in [3.63, 3.8) is 0 Å². The van der Waals surface area contributed by atoms with E-state index in [9.17, 15) is 15.2 Å². The number of phenols is 1. The first-order valence-electron chi connectivity index (χ1n) is 3.65. The zero-order valence-electron chi connectivity index (χ0n) is 6.73. The third kappa shape index (κ3) is 1.36. The molecule has 2 aromatic rings. The number of fused-ring (bicyclic) bond motifs is 1. The summed E-state index contributed by atoms with van der Waals surface area (Å²) in [5.74, 6) is 0.0625. The van der Waals surface area contributed by atoms with E-state index >= 15 is 0 Å². The molecule has 0 bridgehead atoms. The Kier molecular flexibility index (Phi) is 2.16. The molecular weight excluding hydrogens is 270 g/mol. The van der Waals surface area contributed by atoms with E-state index in [0.717, 1.165) is 15.8 Å². The van der Waals surface area contributed by atoms with Crippen LogP contribution in [0.1, 0.15) is 0 Å². The SMILES string of the molecule is O=[N+]([O-])c1cc2c(O)ccc(Br)c2s1. The average molecular weight is 274 g/mol. The molecule has 0 unspecified atom stereocenters. The van der Waals surface area contributed by atoms with Crippen LogP contribution >= 0.6 is 27.3 Å². The van der Waals surface area contributed by atoms with E-state index in [1.807, 2.05) is 0 Å². The summed E-state index contributed by atoms with van der Waals surface area (Å²) >= 11 is 4.31. The standard InChI is InChI=1S/C8H4BrNO3S/c9-5-1-2-6(11)4-3-7(10(12)13)14-8(4)5/h1-3,11H. The Bertz CT molecular complexity index is 484. The molecule has 2 rings (SSSR count). The fourth-order valence-electron chi connectivity index (χ4n) is 1.15. The number of aromatic hydroxyl groups is 1. The minimum absolute atomic E-state index is 0.0298.